The summed E-state index contributed by atoms with van der Waals surface area (Å²) < 4.78 is 6.09. The van der Waals surface area contributed by atoms with Gasteiger partial charge in [0, 0.05) is 19.6 Å². The second-order valence-corrected chi connectivity index (χ2v) is 8.15. The van der Waals surface area contributed by atoms with E-state index < -0.39 is 6.10 Å². The maximum atomic E-state index is 10.7. The maximum absolute atomic E-state index is 10.7. The summed E-state index contributed by atoms with van der Waals surface area (Å²) >= 11 is 6.44. The predicted octanol–water partition coefficient (Wildman–Crippen LogP) is 3.58. The quantitative estimate of drug-likeness (QED) is 0.834. The molecule has 0 amide bonds. The van der Waals surface area contributed by atoms with Gasteiger partial charge in [-0.15, -0.1) is 0 Å². The number of halogens is 1. The number of aliphatic hydroxyl groups is 1. The molecule has 0 bridgehead atoms. The van der Waals surface area contributed by atoms with E-state index in [9.17, 15) is 5.11 Å². The summed E-state index contributed by atoms with van der Waals surface area (Å²) in [6.07, 6.45) is 4.36. The molecule has 2 heterocycles. The first-order valence-electron chi connectivity index (χ1n) is 9.58. The van der Waals surface area contributed by atoms with E-state index in [2.05, 4.69) is 23.8 Å². The average molecular weight is 367 g/mol. The summed E-state index contributed by atoms with van der Waals surface area (Å²) in [7, 11) is 2.14. The lowest BCUT2D eigenvalue weighted by Gasteiger charge is -2.30. The fraction of sp³-hybridized carbons (Fsp3) is 0.700. The van der Waals surface area contributed by atoms with Gasteiger partial charge in [-0.3, -0.25) is 0 Å². The number of nitrogens with zero attached hydrogens (tertiary/aromatic N) is 2. The topological polar surface area (TPSA) is 35.9 Å². The standard InChI is InChI=1S/C20H31ClN2O2/c1-15(14-23-9-3-4-10-23)20(24)16-5-6-19(18(21)13-16)25-17-7-11-22(2)12-8-17/h5-6,13,15,17,20,24H,3-4,7-12,14H2,1-2H3/t15-,20+/m1/s1. The van der Waals surface area contributed by atoms with Crippen LogP contribution in [0.3, 0.4) is 0 Å². The molecule has 25 heavy (non-hydrogen) atoms. The molecule has 5 heteroatoms. The third-order valence-corrected chi connectivity index (χ3v) is 5.84. The highest BCUT2D eigenvalue weighted by molar-refractivity contribution is 6.32. The average Bonchev–Trinajstić information content (AvgIpc) is 3.11. The molecule has 1 aromatic carbocycles. The number of benzene rings is 1. The third kappa shape index (κ3) is 5.10. The fourth-order valence-corrected chi connectivity index (χ4v) is 4.11. The van der Waals surface area contributed by atoms with Gasteiger partial charge >= 0.3 is 0 Å². The van der Waals surface area contributed by atoms with Crippen molar-refractivity contribution in [1.82, 2.24) is 9.80 Å². The van der Waals surface area contributed by atoms with Crippen LogP contribution in [0.1, 0.15) is 44.3 Å². The van der Waals surface area contributed by atoms with Gasteiger partial charge in [0.2, 0.25) is 0 Å². The van der Waals surface area contributed by atoms with Crippen LogP contribution in [0.2, 0.25) is 5.02 Å². The lowest BCUT2D eigenvalue weighted by atomic mass is 9.97. The van der Waals surface area contributed by atoms with Gasteiger partial charge in [-0.05, 0) is 69.4 Å². The normalized spacial score (nSPS) is 22.9. The first-order valence-corrected chi connectivity index (χ1v) is 9.96. The molecule has 140 valence electrons. The van der Waals surface area contributed by atoms with Crippen molar-refractivity contribution in [3.05, 3.63) is 28.8 Å². The first kappa shape index (κ1) is 19.0. The Hall–Kier alpha value is -0.810. The van der Waals surface area contributed by atoms with Crippen molar-refractivity contribution in [2.75, 3.05) is 39.8 Å². The van der Waals surface area contributed by atoms with Crippen molar-refractivity contribution in [3.63, 3.8) is 0 Å². The van der Waals surface area contributed by atoms with Crippen molar-refractivity contribution in [1.29, 1.82) is 0 Å². The van der Waals surface area contributed by atoms with Gasteiger partial charge in [-0.25, -0.2) is 0 Å². The molecule has 4 nitrogen and oxygen atoms in total. The summed E-state index contributed by atoms with van der Waals surface area (Å²) in [6.45, 7) is 7.48. The van der Waals surface area contributed by atoms with Crippen LogP contribution in [0.25, 0.3) is 0 Å². The molecule has 2 fully saturated rings. The van der Waals surface area contributed by atoms with Gasteiger partial charge < -0.3 is 19.6 Å². The number of piperidine rings is 1. The summed E-state index contributed by atoms with van der Waals surface area (Å²) in [5.41, 5.74) is 0.882. The molecule has 1 aromatic rings. The molecule has 0 unspecified atom stereocenters. The van der Waals surface area contributed by atoms with E-state index in [0.29, 0.717) is 5.02 Å². The zero-order valence-electron chi connectivity index (χ0n) is 15.5. The van der Waals surface area contributed by atoms with Crippen LogP contribution in [0.4, 0.5) is 0 Å². The molecule has 2 aliphatic heterocycles. The summed E-state index contributed by atoms with van der Waals surface area (Å²) in [5.74, 6) is 0.925. The monoisotopic (exact) mass is 366 g/mol. The van der Waals surface area contributed by atoms with Crippen molar-refractivity contribution in [2.45, 2.75) is 44.8 Å². The van der Waals surface area contributed by atoms with E-state index in [1.54, 1.807) is 0 Å². The Morgan fingerprint density at radius 1 is 1.20 bits per heavy atom. The molecule has 0 aromatic heterocycles. The molecule has 0 radical (unpaired) electrons. The molecular formula is C20H31ClN2O2. The SMILES string of the molecule is C[C@H](CN1CCCC1)[C@H](O)c1ccc(OC2CCN(C)CC2)c(Cl)c1. The molecular weight excluding hydrogens is 336 g/mol. The zero-order valence-corrected chi connectivity index (χ0v) is 16.2. The fourth-order valence-electron chi connectivity index (χ4n) is 3.88. The number of hydrogen-bond donors (Lipinski definition) is 1. The molecule has 2 atom stereocenters. The molecule has 0 spiro atoms. The second kappa shape index (κ2) is 8.72. The van der Waals surface area contributed by atoms with Crippen molar-refractivity contribution < 1.29 is 9.84 Å². The lowest BCUT2D eigenvalue weighted by molar-refractivity contribution is 0.0941. The van der Waals surface area contributed by atoms with Crippen LogP contribution >= 0.6 is 11.6 Å². The minimum Gasteiger partial charge on any atom is -0.489 e. The van der Waals surface area contributed by atoms with Gasteiger partial charge in [0.1, 0.15) is 11.9 Å². The number of rotatable bonds is 6. The highest BCUT2D eigenvalue weighted by Crippen LogP contribution is 2.32. The van der Waals surface area contributed by atoms with Crippen LogP contribution in [0.15, 0.2) is 18.2 Å². The molecule has 2 saturated heterocycles. The van der Waals surface area contributed by atoms with Gasteiger partial charge in [-0.1, -0.05) is 24.6 Å². The van der Waals surface area contributed by atoms with E-state index in [0.717, 1.165) is 56.9 Å². The molecule has 2 aliphatic rings. The minimum atomic E-state index is -0.490. The van der Waals surface area contributed by atoms with Crippen LogP contribution in [0, 0.1) is 5.92 Å². The summed E-state index contributed by atoms with van der Waals surface area (Å²) in [5, 5.41) is 11.3. The van der Waals surface area contributed by atoms with E-state index in [1.165, 1.54) is 12.8 Å². The van der Waals surface area contributed by atoms with Crippen LogP contribution in [-0.4, -0.2) is 60.8 Å². The van der Waals surface area contributed by atoms with Crippen molar-refractivity contribution >= 4 is 11.6 Å². The van der Waals surface area contributed by atoms with Crippen molar-refractivity contribution in [2.24, 2.45) is 5.92 Å². The largest absolute Gasteiger partial charge is 0.489 e. The Morgan fingerprint density at radius 2 is 1.88 bits per heavy atom. The Bertz CT molecular complexity index is 555. The summed E-state index contributed by atoms with van der Waals surface area (Å²) in [6, 6.07) is 5.75. The number of likely N-dealkylation sites (tertiary alicyclic amines) is 2. The Balaban J connectivity index is 1.58. The maximum Gasteiger partial charge on any atom is 0.138 e. The third-order valence-electron chi connectivity index (χ3n) is 5.54. The highest BCUT2D eigenvalue weighted by Gasteiger charge is 2.23. The predicted molar refractivity (Wildman–Crippen MR) is 102 cm³/mol. The van der Waals surface area contributed by atoms with Gasteiger partial charge in [0.25, 0.3) is 0 Å². The number of ether oxygens (including phenoxy) is 1. The Labute approximate surface area is 156 Å². The van der Waals surface area contributed by atoms with Crippen molar-refractivity contribution in [3.8, 4) is 5.75 Å². The van der Waals surface area contributed by atoms with E-state index in [4.69, 9.17) is 16.3 Å². The van der Waals surface area contributed by atoms with Crippen LogP contribution < -0.4 is 4.74 Å². The number of hydrogen-bond acceptors (Lipinski definition) is 4. The van der Waals surface area contributed by atoms with E-state index in [-0.39, 0.29) is 12.0 Å². The van der Waals surface area contributed by atoms with Gasteiger partial charge in [0.05, 0.1) is 11.1 Å². The lowest BCUT2D eigenvalue weighted by Crippen LogP contribution is -2.35. The Kier molecular flexibility index (Phi) is 6.61. The second-order valence-electron chi connectivity index (χ2n) is 7.74. The number of aliphatic hydroxyl groups excluding tert-OH is 1. The zero-order chi connectivity index (χ0) is 17.8. The first-order chi connectivity index (χ1) is 12.0. The van der Waals surface area contributed by atoms with E-state index in [1.807, 2.05) is 18.2 Å². The van der Waals surface area contributed by atoms with E-state index >= 15 is 0 Å². The van der Waals surface area contributed by atoms with Crippen LogP contribution in [0.5, 0.6) is 5.75 Å². The molecule has 3 rings (SSSR count). The van der Waals surface area contributed by atoms with Gasteiger partial charge in [-0.2, -0.15) is 0 Å². The van der Waals surface area contributed by atoms with Crippen LogP contribution in [-0.2, 0) is 0 Å². The minimum absolute atomic E-state index is 0.190. The highest BCUT2D eigenvalue weighted by atomic mass is 35.5. The summed E-state index contributed by atoms with van der Waals surface area (Å²) in [4.78, 5) is 4.76. The smallest absolute Gasteiger partial charge is 0.138 e. The molecule has 0 aliphatic carbocycles. The Morgan fingerprint density at radius 3 is 2.52 bits per heavy atom. The molecule has 1 N–H and O–H groups in total. The molecule has 0 saturated carbocycles. The van der Waals surface area contributed by atoms with Gasteiger partial charge in [0.15, 0.2) is 0 Å².